The summed E-state index contributed by atoms with van der Waals surface area (Å²) in [6.45, 7) is 0.301. The van der Waals surface area contributed by atoms with Gasteiger partial charge in [-0.3, -0.25) is 4.79 Å². The van der Waals surface area contributed by atoms with Crippen molar-refractivity contribution < 1.29 is 18.0 Å². The van der Waals surface area contributed by atoms with E-state index in [0.717, 1.165) is 5.56 Å². The zero-order valence-electron chi connectivity index (χ0n) is 10.2. The van der Waals surface area contributed by atoms with Crippen LogP contribution < -0.4 is 11.1 Å². The van der Waals surface area contributed by atoms with Gasteiger partial charge in [-0.25, -0.2) is 18.2 Å². The molecule has 0 aliphatic carbocycles. The summed E-state index contributed by atoms with van der Waals surface area (Å²) in [6.07, 6.45) is 1.46. The van der Waals surface area contributed by atoms with Crippen LogP contribution in [0.25, 0.3) is 0 Å². The highest BCUT2D eigenvalue weighted by molar-refractivity contribution is 6.03. The molecule has 20 heavy (non-hydrogen) atoms. The third kappa shape index (κ3) is 2.94. The molecule has 0 aliphatic heterocycles. The Morgan fingerprint density at radius 3 is 2.35 bits per heavy atom. The number of nitrogens with two attached hydrogens (primary N) is 1. The standard InChI is InChI=1S/C13H10F3N3O/c14-9-3-8(4-10(15)12(9)16)13(20)19-11-2-1-7(5-17)6-18-11/h1-4,6H,5,17H2,(H,18,19,20). The predicted octanol–water partition coefficient (Wildman–Crippen LogP) is 2.21. The van der Waals surface area contributed by atoms with Crippen LogP contribution in [0.4, 0.5) is 19.0 Å². The Morgan fingerprint density at radius 2 is 1.85 bits per heavy atom. The highest BCUT2D eigenvalue weighted by atomic mass is 19.2. The van der Waals surface area contributed by atoms with E-state index in [9.17, 15) is 18.0 Å². The molecule has 0 aliphatic rings. The number of amides is 1. The fraction of sp³-hybridized carbons (Fsp3) is 0.0769. The second-order valence-electron chi connectivity index (χ2n) is 3.96. The van der Waals surface area contributed by atoms with Gasteiger partial charge in [0, 0.05) is 18.3 Å². The lowest BCUT2D eigenvalue weighted by atomic mass is 10.2. The maximum Gasteiger partial charge on any atom is 0.257 e. The smallest absolute Gasteiger partial charge is 0.257 e. The van der Waals surface area contributed by atoms with Crippen molar-refractivity contribution in [2.75, 3.05) is 5.32 Å². The molecule has 0 radical (unpaired) electrons. The molecular formula is C13H10F3N3O. The van der Waals surface area contributed by atoms with Gasteiger partial charge in [0.05, 0.1) is 0 Å². The molecule has 1 amide bonds. The van der Waals surface area contributed by atoms with Crippen LogP contribution >= 0.6 is 0 Å². The van der Waals surface area contributed by atoms with E-state index in [1.54, 1.807) is 6.07 Å². The predicted molar refractivity (Wildman–Crippen MR) is 66.4 cm³/mol. The van der Waals surface area contributed by atoms with Gasteiger partial charge in [-0.05, 0) is 23.8 Å². The number of halogens is 3. The molecule has 7 heteroatoms. The van der Waals surface area contributed by atoms with Crippen LogP contribution in [0.5, 0.6) is 0 Å². The van der Waals surface area contributed by atoms with Crippen molar-refractivity contribution in [3.05, 3.63) is 59.0 Å². The highest BCUT2D eigenvalue weighted by Crippen LogP contribution is 2.15. The van der Waals surface area contributed by atoms with Crippen molar-refractivity contribution in [1.29, 1.82) is 0 Å². The third-order valence-corrected chi connectivity index (χ3v) is 2.55. The average Bonchev–Trinajstić information content (AvgIpc) is 2.45. The molecule has 3 N–H and O–H groups in total. The number of benzene rings is 1. The largest absolute Gasteiger partial charge is 0.326 e. The lowest BCUT2D eigenvalue weighted by molar-refractivity contribution is 0.102. The van der Waals surface area contributed by atoms with Crippen LogP contribution in [0.2, 0.25) is 0 Å². The molecule has 4 nitrogen and oxygen atoms in total. The topological polar surface area (TPSA) is 68.0 Å². The second kappa shape index (κ2) is 5.70. The molecule has 0 spiro atoms. The number of hydrogen-bond acceptors (Lipinski definition) is 3. The lowest BCUT2D eigenvalue weighted by Crippen LogP contribution is -2.14. The van der Waals surface area contributed by atoms with Gasteiger partial charge in [0.1, 0.15) is 5.82 Å². The Hall–Kier alpha value is -2.41. The minimum absolute atomic E-state index is 0.192. The zero-order valence-corrected chi connectivity index (χ0v) is 10.2. The van der Waals surface area contributed by atoms with Gasteiger partial charge in [-0.15, -0.1) is 0 Å². The van der Waals surface area contributed by atoms with Gasteiger partial charge >= 0.3 is 0 Å². The van der Waals surface area contributed by atoms with Gasteiger partial charge in [0.25, 0.3) is 5.91 Å². The number of aromatic nitrogens is 1. The van der Waals surface area contributed by atoms with Crippen LogP contribution in [0.1, 0.15) is 15.9 Å². The summed E-state index contributed by atoms with van der Waals surface area (Å²) in [5.41, 5.74) is 5.82. The SMILES string of the molecule is NCc1ccc(NC(=O)c2cc(F)c(F)c(F)c2)nc1. The number of nitrogens with zero attached hydrogens (tertiary/aromatic N) is 1. The monoisotopic (exact) mass is 281 g/mol. The van der Waals surface area contributed by atoms with Gasteiger partial charge in [0.15, 0.2) is 17.5 Å². The van der Waals surface area contributed by atoms with Crippen LogP contribution in [0.3, 0.4) is 0 Å². The van der Waals surface area contributed by atoms with E-state index in [0.29, 0.717) is 18.7 Å². The first-order valence-corrected chi connectivity index (χ1v) is 5.62. The Kier molecular flexibility index (Phi) is 3.99. The Bertz CT molecular complexity index is 621. The minimum atomic E-state index is -1.62. The second-order valence-corrected chi connectivity index (χ2v) is 3.96. The van der Waals surface area contributed by atoms with Crippen molar-refractivity contribution in [3.8, 4) is 0 Å². The van der Waals surface area contributed by atoms with Crippen LogP contribution in [-0.2, 0) is 6.54 Å². The molecule has 0 saturated carbocycles. The lowest BCUT2D eigenvalue weighted by Gasteiger charge is -2.06. The molecular weight excluding hydrogens is 271 g/mol. The van der Waals surface area contributed by atoms with E-state index >= 15 is 0 Å². The molecule has 2 aromatic rings. The van der Waals surface area contributed by atoms with E-state index in [-0.39, 0.29) is 11.4 Å². The summed E-state index contributed by atoms with van der Waals surface area (Å²) in [4.78, 5) is 15.7. The average molecular weight is 281 g/mol. The molecule has 0 bridgehead atoms. The quantitative estimate of drug-likeness (QED) is 0.847. The van der Waals surface area contributed by atoms with E-state index in [1.165, 1.54) is 12.3 Å². The maximum atomic E-state index is 13.0. The van der Waals surface area contributed by atoms with Gasteiger partial charge in [-0.1, -0.05) is 6.07 Å². The molecule has 2 rings (SSSR count). The number of carbonyl (C=O) groups is 1. The van der Waals surface area contributed by atoms with Crippen molar-refractivity contribution in [2.24, 2.45) is 5.73 Å². The Balaban J connectivity index is 2.19. The number of hydrogen-bond donors (Lipinski definition) is 2. The summed E-state index contributed by atoms with van der Waals surface area (Å²) in [7, 11) is 0. The molecule has 1 heterocycles. The van der Waals surface area contributed by atoms with E-state index in [2.05, 4.69) is 10.3 Å². The maximum absolute atomic E-state index is 13.0. The van der Waals surface area contributed by atoms with Crippen LogP contribution in [0.15, 0.2) is 30.5 Å². The normalized spacial score (nSPS) is 10.4. The zero-order chi connectivity index (χ0) is 14.7. The summed E-state index contributed by atoms with van der Waals surface area (Å²) in [6, 6.07) is 4.37. The summed E-state index contributed by atoms with van der Waals surface area (Å²) in [5, 5.41) is 2.34. The first kappa shape index (κ1) is 14.0. The number of rotatable bonds is 3. The molecule has 104 valence electrons. The number of carbonyl (C=O) groups excluding carboxylic acids is 1. The van der Waals surface area contributed by atoms with E-state index in [1.807, 2.05) is 0 Å². The number of nitrogens with one attached hydrogen (secondary N) is 1. The van der Waals surface area contributed by atoms with Gasteiger partial charge in [-0.2, -0.15) is 0 Å². The van der Waals surface area contributed by atoms with Crippen molar-refractivity contribution in [3.63, 3.8) is 0 Å². The van der Waals surface area contributed by atoms with E-state index in [4.69, 9.17) is 5.73 Å². The first-order valence-electron chi connectivity index (χ1n) is 5.62. The molecule has 1 aromatic heterocycles. The minimum Gasteiger partial charge on any atom is -0.326 e. The molecule has 1 aromatic carbocycles. The summed E-state index contributed by atoms with van der Waals surface area (Å²) >= 11 is 0. The Morgan fingerprint density at radius 1 is 1.20 bits per heavy atom. The number of anilines is 1. The van der Waals surface area contributed by atoms with Gasteiger partial charge < -0.3 is 11.1 Å². The molecule has 0 atom stereocenters. The highest BCUT2D eigenvalue weighted by Gasteiger charge is 2.15. The van der Waals surface area contributed by atoms with Crippen molar-refractivity contribution >= 4 is 11.7 Å². The molecule has 0 unspecified atom stereocenters. The van der Waals surface area contributed by atoms with Crippen LogP contribution in [0, 0.1) is 17.5 Å². The molecule has 0 saturated heterocycles. The first-order chi connectivity index (χ1) is 9.51. The fourth-order valence-electron chi connectivity index (χ4n) is 1.49. The third-order valence-electron chi connectivity index (χ3n) is 2.55. The van der Waals surface area contributed by atoms with Crippen molar-refractivity contribution in [1.82, 2.24) is 4.98 Å². The van der Waals surface area contributed by atoms with Gasteiger partial charge in [0.2, 0.25) is 0 Å². The summed E-state index contributed by atoms with van der Waals surface area (Å²) in [5.74, 6) is -5.08. The summed E-state index contributed by atoms with van der Waals surface area (Å²) < 4.78 is 38.8. The van der Waals surface area contributed by atoms with Crippen molar-refractivity contribution in [2.45, 2.75) is 6.54 Å². The number of pyridine rings is 1. The van der Waals surface area contributed by atoms with Crippen LogP contribution in [-0.4, -0.2) is 10.9 Å². The van der Waals surface area contributed by atoms with E-state index < -0.39 is 23.4 Å². The molecule has 0 fully saturated rings. The Labute approximate surface area is 112 Å². The fourth-order valence-corrected chi connectivity index (χ4v) is 1.49.